The first-order valence-electron chi connectivity index (χ1n) is 3.42. The molecular formula is C8H12NO. The van der Waals surface area contributed by atoms with Crippen LogP contribution in [0.1, 0.15) is 12.8 Å². The molecule has 0 heterocycles. The third-order valence-corrected chi connectivity index (χ3v) is 1.62. The van der Waals surface area contributed by atoms with Crippen LogP contribution in [-0.4, -0.2) is 25.3 Å². The lowest BCUT2D eigenvalue weighted by Crippen LogP contribution is -2.04. The van der Waals surface area contributed by atoms with E-state index < -0.39 is 0 Å². The predicted octanol–water partition coefficient (Wildman–Crippen LogP) is 0.844. The van der Waals surface area contributed by atoms with Gasteiger partial charge in [-0.25, -0.2) is 0 Å². The van der Waals surface area contributed by atoms with E-state index in [4.69, 9.17) is 0 Å². The Morgan fingerprint density at radius 3 is 2.40 bits per heavy atom. The van der Waals surface area contributed by atoms with Crippen LogP contribution in [-0.2, 0) is 4.79 Å². The molecule has 0 bridgehead atoms. The highest BCUT2D eigenvalue weighted by atomic mass is 16.1. The van der Waals surface area contributed by atoms with Gasteiger partial charge in [0.15, 0.2) is 0 Å². The Balaban J connectivity index is 2.44. The minimum atomic E-state index is -0.204. The first-order chi connectivity index (χ1) is 4.68. The normalized spacial score (nSPS) is 21.0. The first-order valence-corrected chi connectivity index (χ1v) is 3.42. The fraction of sp³-hybridized carbons (Fsp3) is 0.625. The van der Waals surface area contributed by atoms with Crippen LogP contribution in [0.3, 0.4) is 0 Å². The average Bonchev–Trinajstić information content (AvgIpc) is 2.64. The molecule has 0 unspecified atom stereocenters. The van der Waals surface area contributed by atoms with Crippen molar-refractivity contribution in [3.63, 3.8) is 0 Å². The molecule has 1 radical (unpaired) electrons. The minimum absolute atomic E-state index is 0.204. The third kappa shape index (κ3) is 1.59. The number of carbonyl (C=O) groups is 1. The van der Waals surface area contributed by atoms with Crippen molar-refractivity contribution in [3.05, 3.63) is 12.3 Å². The van der Waals surface area contributed by atoms with Crippen LogP contribution in [0, 0.1) is 11.5 Å². The molecule has 2 nitrogen and oxygen atoms in total. The van der Waals surface area contributed by atoms with Crippen molar-refractivity contribution in [2.24, 2.45) is 5.41 Å². The summed E-state index contributed by atoms with van der Waals surface area (Å²) in [5.41, 5.74) is -0.204. The van der Waals surface area contributed by atoms with Crippen molar-refractivity contribution < 1.29 is 4.79 Å². The van der Waals surface area contributed by atoms with Crippen LogP contribution in [0.15, 0.2) is 6.20 Å². The summed E-state index contributed by atoms with van der Waals surface area (Å²) in [6.45, 7) is 0. The minimum Gasteiger partial charge on any atom is -0.383 e. The van der Waals surface area contributed by atoms with Crippen LogP contribution in [0.2, 0.25) is 0 Å². The molecule has 1 aliphatic carbocycles. The van der Waals surface area contributed by atoms with E-state index in [9.17, 15) is 4.79 Å². The molecule has 0 atom stereocenters. The maximum atomic E-state index is 10.4. The molecule has 1 rings (SSSR count). The molecule has 55 valence electrons. The van der Waals surface area contributed by atoms with Gasteiger partial charge >= 0.3 is 0 Å². The molecule has 0 N–H and O–H groups in total. The number of rotatable bonds is 3. The molecule has 10 heavy (non-hydrogen) atoms. The molecule has 0 aromatic carbocycles. The molecule has 1 aliphatic rings. The summed E-state index contributed by atoms with van der Waals surface area (Å²) in [5.74, 6) is 0. The average molecular weight is 138 g/mol. The fourth-order valence-corrected chi connectivity index (χ4v) is 0.689. The summed E-state index contributed by atoms with van der Waals surface area (Å²) in [7, 11) is 3.85. The Morgan fingerprint density at radius 1 is 1.50 bits per heavy atom. The Hall–Kier alpha value is -0.790. The van der Waals surface area contributed by atoms with Crippen LogP contribution in [0.5, 0.6) is 0 Å². The van der Waals surface area contributed by atoms with E-state index in [2.05, 4.69) is 6.08 Å². The molecular weight excluding hydrogens is 126 g/mol. The summed E-state index contributed by atoms with van der Waals surface area (Å²) in [6, 6.07) is 0. The molecule has 0 amide bonds. The lowest BCUT2D eigenvalue weighted by atomic mass is 10.1. The van der Waals surface area contributed by atoms with Crippen molar-refractivity contribution in [2.45, 2.75) is 12.8 Å². The summed E-state index contributed by atoms with van der Waals surface area (Å²) in [4.78, 5) is 12.3. The van der Waals surface area contributed by atoms with Gasteiger partial charge in [0.25, 0.3) is 0 Å². The number of carbonyl (C=O) groups excluding carboxylic acids is 1. The largest absolute Gasteiger partial charge is 0.383 e. The quantitative estimate of drug-likeness (QED) is 0.539. The van der Waals surface area contributed by atoms with Gasteiger partial charge in [-0.05, 0) is 18.9 Å². The van der Waals surface area contributed by atoms with Crippen molar-refractivity contribution in [2.75, 3.05) is 14.1 Å². The molecule has 0 aromatic heterocycles. The number of aldehydes is 1. The molecule has 0 aromatic rings. The lowest BCUT2D eigenvalue weighted by molar-refractivity contribution is -0.111. The SMILES string of the molecule is CN(C)C=[C]C1(C=O)CC1. The van der Waals surface area contributed by atoms with Gasteiger partial charge in [0, 0.05) is 20.3 Å². The Morgan fingerprint density at radius 2 is 2.10 bits per heavy atom. The number of hydrogen-bond acceptors (Lipinski definition) is 2. The van der Waals surface area contributed by atoms with E-state index in [1.165, 1.54) is 0 Å². The number of nitrogens with zero attached hydrogens (tertiary/aromatic N) is 1. The van der Waals surface area contributed by atoms with E-state index in [0.29, 0.717) is 0 Å². The van der Waals surface area contributed by atoms with Crippen LogP contribution >= 0.6 is 0 Å². The van der Waals surface area contributed by atoms with E-state index in [1.807, 2.05) is 25.2 Å². The zero-order valence-electron chi connectivity index (χ0n) is 6.42. The van der Waals surface area contributed by atoms with Crippen molar-refractivity contribution in [3.8, 4) is 0 Å². The summed E-state index contributed by atoms with van der Waals surface area (Å²) < 4.78 is 0. The first kappa shape index (κ1) is 7.32. The predicted molar refractivity (Wildman–Crippen MR) is 39.2 cm³/mol. The summed E-state index contributed by atoms with van der Waals surface area (Å²) in [5, 5.41) is 0. The van der Waals surface area contributed by atoms with Gasteiger partial charge in [-0.15, -0.1) is 0 Å². The summed E-state index contributed by atoms with van der Waals surface area (Å²) >= 11 is 0. The number of hydrogen-bond donors (Lipinski definition) is 0. The smallest absolute Gasteiger partial charge is 0.130 e. The highest BCUT2D eigenvalue weighted by Crippen LogP contribution is 2.43. The van der Waals surface area contributed by atoms with Crippen molar-refractivity contribution in [1.82, 2.24) is 4.90 Å². The van der Waals surface area contributed by atoms with Gasteiger partial charge in [-0.2, -0.15) is 0 Å². The van der Waals surface area contributed by atoms with E-state index in [1.54, 1.807) is 0 Å². The fourth-order valence-electron chi connectivity index (χ4n) is 0.689. The topological polar surface area (TPSA) is 20.3 Å². The highest BCUT2D eigenvalue weighted by molar-refractivity contribution is 5.65. The van der Waals surface area contributed by atoms with Crippen LogP contribution < -0.4 is 0 Å². The lowest BCUT2D eigenvalue weighted by Gasteiger charge is -2.04. The molecule has 0 saturated heterocycles. The molecule has 0 spiro atoms. The van der Waals surface area contributed by atoms with Crippen LogP contribution in [0.4, 0.5) is 0 Å². The van der Waals surface area contributed by atoms with Crippen molar-refractivity contribution in [1.29, 1.82) is 0 Å². The van der Waals surface area contributed by atoms with Gasteiger partial charge in [0.2, 0.25) is 0 Å². The van der Waals surface area contributed by atoms with E-state index >= 15 is 0 Å². The van der Waals surface area contributed by atoms with Gasteiger partial charge < -0.3 is 9.69 Å². The molecule has 1 fully saturated rings. The highest BCUT2D eigenvalue weighted by Gasteiger charge is 2.40. The maximum absolute atomic E-state index is 10.4. The molecule has 2 heteroatoms. The third-order valence-electron chi connectivity index (χ3n) is 1.62. The standard InChI is InChI=1S/C8H12NO/c1-9(2)6-5-8(7-10)3-4-8/h6-7H,3-4H2,1-2H3. The maximum Gasteiger partial charge on any atom is 0.130 e. The van der Waals surface area contributed by atoms with Gasteiger partial charge in [-0.3, -0.25) is 0 Å². The van der Waals surface area contributed by atoms with Gasteiger partial charge in [-0.1, -0.05) is 0 Å². The second-order valence-corrected chi connectivity index (χ2v) is 3.01. The Bertz CT molecular complexity index is 157. The Kier molecular flexibility index (Phi) is 1.79. The monoisotopic (exact) mass is 138 g/mol. The molecule has 1 saturated carbocycles. The zero-order chi connectivity index (χ0) is 7.61. The Labute approximate surface area is 61.5 Å². The second kappa shape index (κ2) is 2.45. The summed E-state index contributed by atoms with van der Waals surface area (Å²) in [6.07, 6.45) is 7.81. The van der Waals surface area contributed by atoms with Gasteiger partial charge in [0.1, 0.15) is 6.29 Å². The zero-order valence-corrected chi connectivity index (χ0v) is 6.42. The second-order valence-electron chi connectivity index (χ2n) is 3.01. The van der Waals surface area contributed by atoms with Crippen LogP contribution in [0.25, 0.3) is 0 Å². The van der Waals surface area contributed by atoms with E-state index in [-0.39, 0.29) is 5.41 Å². The van der Waals surface area contributed by atoms with Gasteiger partial charge in [0.05, 0.1) is 5.41 Å². The van der Waals surface area contributed by atoms with Crippen molar-refractivity contribution >= 4 is 6.29 Å². The van der Waals surface area contributed by atoms with E-state index in [0.717, 1.165) is 19.1 Å². The molecule has 0 aliphatic heterocycles. The number of allylic oxidation sites excluding steroid dienone is 1.